The molecule has 102 valence electrons. The van der Waals surface area contributed by atoms with Crippen LogP contribution in [-0.2, 0) is 6.42 Å². The molecule has 0 saturated carbocycles. The third-order valence-electron chi connectivity index (χ3n) is 3.59. The van der Waals surface area contributed by atoms with Crippen molar-refractivity contribution in [3.05, 3.63) is 48.2 Å². The molecule has 3 heteroatoms. The minimum absolute atomic E-state index is 0.00865. The average molecular weight is 258 g/mol. The van der Waals surface area contributed by atoms with Gasteiger partial charge in [-0.05, 0) is 37.7 Å². The molecule has 1 fully saturated rings. The number of likely N-dealkylation sites (tertiary alicyclic amines) is 1. The molecule has 2 amide bonds. The Morgan fingerprint density at radius 2 is 1.95 bits per heavy atom. The van der Waals surface area contributed by atoms with Gasteiger partial charge in [-0.1, -0.05) is 36.9 Å². The Bertz CT molecular complexity index is 433. The Morgan fingerprint density at radius 1 is 1.32 bits per heavy atom. The first-order chi connectivity index (χ1) is 9.15. The van der Waals surface area contributed by atoms with Crippen LogP contribution < -0.4 is 5.32 Å². The summed E-state index contributed by atoms with van der Waals surface area (Å²) >= 11 is 0. The van der Waals surface area contributed by atoms with E-state index in [4.69, 9.17) is 0 Å². The van der Waals surface area contributed by atoms with Gasteiger partial charge in [0, 0.05) is 18.8 Å². The fraction of sp³-hybridized carbons (Fsp3) is 0.438. The molecule has 3 nitrogen and oxygen atoms in total. The summed E-state index contributed by atoms with van der Waals surface area (Å²) in [6.45, 7) is 7.20. The zero-order valence-corrected chi connectivity index (χ0v) is 11.6. The van der Waals surface area contributed by atoms with E-state index >= 15 is 0 Å². The van der Waals surface area contributed by atoms with Crippen LogP contribution in [-0.4, -0.2) is 24.0 Å². The number of carbonyl (C=O) groups is 1. The smallest absolute Gasteiger partial charge is 0.321 e. The number of hydrogen-bond acceptors (Lipinski definition) is 1. The van der Waals surface area contributed by atoms with E-state index in [1.807, 2.05) is 11.0 Å². The summed E-state index contributed by atoms with van der Waals surface area (Å²) in [6, 6.07) is 10.6. The van der Waals surface area contributed by atoms with Crippen LogP contribution in [0, 0.1) is 5.92 Å². The SMILES string of the molecule is C=C(C)NC(=O)N1CCC(Cc2ccccc2)CC1. The minimum Gasteiger partial charge on any atom is -0.325 e. The Hall–Kier alpha value is -1.77. The topological polar surface area (TPSA) is 32.3 Å². The fourth-order valence-corrected chi connectivity index (χ4v) is 2.55. The number of amides is 2. The van der Waals surface area contributed by atoms with E-state index < -0.39 is 0 Å². The summed E-state index contributed by atoms with van der Waals surface area (Å²) in [5.41, 5.74) is 2.10. The van der Waals surface area contributed by atoms with E-state index in [0.29, 0.717) is 11.6 Å². The second-order valence-corrected chi connectivity index (χ2v) is 5.33. The molecule has 0 bridgehead atoms. The lowest BCUT2D eigenvalue weighted by Crippen LogP contribution is -2.44. The average Bonchev–Trinajstić information content (AvgIpc) is 2.40. The van der Waals surface area contributed by atoms with E-state index in [9.17, 15) is 4.79 Å². The Kier molecular flexibility index (Phi) is 4.61. The summed E-state index contributed by atoms with van der Waals surface area (Å²) in [6.07, 6.45) is 3.29. The van der Waals surface area contributed by atoms with Gasteiger partial charge in [0.05, 0.1) is 0 Å². The molecule has 0 unspecified atom stereocenters. The first kappa shape index (κ1) is 13.7. The monoisotopic (exact) mass is 258 g/mol. The van der Waals surface area contributed by atoms with Crippen molar-refractivity contribution in [3.8, 4) is 0 Å². The quantitative estimate of drug-likeness (QED) is 0.887. The second kappa shape index (κ2) is 6.41. The van der Waals surface area contributed by atoms with Gasteiger partial charge in [0.15, 0.2) is 0 Å². The molecule has 1 aliphatic heterocycles. The van der Waals surface area contributed by atoms with Gasteiger partial charge in [-0.3, -0.25) is 0 Å². The maximum Gasteiger partial charge on any atom is 0.321 e. The predicted octanol–water partition coefficient (Wildman–Crippen LogP) is 3.18. The highest BCUT2D eigenvalue weighted by Gasteiger charge is 2.22. The number of urea groups is 1. The summed E-state index contributed by atoms with van der Waals surface area (Å²) in [5, 5.41) is 2.77. The van der Waals surface area contributed by atoms with Crippen LogP contribution in [0.5, 0.6) is 0 Å². The molecule has 1 heterocycles. The van der Waals surface area contributed by atoms with Crippen LogP contribution in [0.4, 0.5) is 4.79 Å². The molecule has 1 N–H and O–H groups in total. The standard InChI is InChI=1S/C16H22N2O/c1-13(2)17-16(19)18-10-8-15(9-11-18)12-14-6-4-3-5-7-14/h3-7,15H,1,8-12H2,2H3,(H,17,19). The third kappa shape index (κ3) is 4.12. The minimum atomic E-state index is -0.00865. The van der Waals surface area contributed by atoms with E-state index in [0.717, 1.165) is 32.4 Å². The van der Waals surface area contributed by atoms with Crippen LogP contribution in [0.15, 0.2) is 42.6 Å². The van der Waals surface area contributed by atoms with Crippen molar-refractivity contribution >= 4 is 6.03 Å². The maximum absolute atomic E-state index is 11.8. The number of nitrogens with one attached hydrogen (secondary N) is 1. The van der Waals surface area contributed by atoms with Crippen molar-refractivity contribution in [1.29, 1.82) is 0 Å². The van der Waals surface area contributed by atoms with Crippen molar-refractivity contribution < 1.29 is 4.79 Å². The van der Waals surface area contributed by atoms with Gasteiger partial charge in [0.25, 0.3) is 0 Å². The van der Waals surface area contributed by atoms with Crippen LogP contribution in [0.3, 0.4) is 0 Å². The lowest BCUT2D eigenvalue weighted by atomic mass is 9.90. The maximum atomic E-state index is 11.8. The largest absolute Gasteiger partial charge is 0.325 e. The van der Waals surface area contributed by atoms with Crippen LogP contribution >= 0.6 is 0 Å². The summed E-state index contributed by atoms with van der Waals surface area (Å²) in [4.78, 5) is 13.7. The summed E-state index contributed by atoms with van der Waals surface area (Å²) < 4.78 is 0. The van der Waals surface area contributed by atoms with Crippen molar-refractivity contribution in [1.82, 2.24) is 10.2 Å². The van der Waals surface area contributed by atoms with Gasteiger partial charge < -0.3 is 10.2 Å². The second-order valence-electron chi connectivity index (χ2n) is 5.33. The molecule has 0 radical (unpaired) electrons. The van der Waals surface area contributed by atoms with Crippen LogP contribution in [0.25, 0.3) is 0 Å². The number of piperidine rings is 1. The number of hydrogen-bond donors (Lipinski definition) is 1. The predicted molar refractivity (Wildman–Crippen MR) is 77.8 cm³/mol. The van der Waals surface area contributed by atoms with Gasteiger partial charge in [0.1, 0.15) is 0 Å². The molecule has 1 saturated heterocycles. The van der Waals surface area contributed by atoms with E-state index in [1.54, 1.807) is 6.92 Å². The number of rotatable bonds is 3. The van der Waals surface area contributed by atoms with Crippen molar-refractivity contribution in [2.45, 2.75) is 26.2 Å². The molecule has 1 aromatic carbocycles. The number of benzene rings is 1. The molecular formula is C16H22N2O. The zero-order valence-electron chi connectivity index (χ0n) is 11.6. The highest BCUT2D eigenvalue weighted by atomic mass is 16.2. The number of allylic oxidation sites excluding steroid dienone is 1. The number of carbonyl (C=O) groups excluding carboxylic acids is 1. The van der Waals surface area contributed by atoms with Crippen molar-refractivity contribution in [2.24, 2.45) is 5.92 Å². The molecule has 1 aromatic rings. The van der Waals surface area contributed by atoms with Crippen molar-refractivity contribution in [2.75, 3.05) is 13.1 Å². The molecule has 2 rings (SSSR count). The van der Waals surface area contributed by atoms with Crippen molar-refractivity contribution in [3.63, 3.8) is 0 Å². The first-order valence-electron chi connectivity index (χ1n) is 6.90. The molecule has 0 spiro atoms. The molecule has 0 atom stereocenters. The van der Waals surface area contributed by atoms with Crippen LogP contribution in [0.1, 0.15) is 25.3 Å². The molecule has 0 aliphatic carbocycles. The lowest BCUT2D eigenvalue weighted by Gasteiger charge is -2.32. The molecule has 0 aromatic heterocycles. The normalized spacial score (nSPS) is 16.2. The lowest BCUT2D eigenvalue weighted by molar-refractivity contribution is 0.173. The summed E-state index contributed by atoms with van der Waals surface area (Å²) in [5.74, 6) is 0.691. The van der Waals surface area contributed by atoms with Gasteiger partial charge in [0.2, 0.25) is 0 Å². The van der Waals surface area contributed by atoms with Gasteiger partial charge in [-0.15, -0.1) is 0 Å². The molecule has 19 heavy (non-hydrogen) atoms. The summed E-state index contributed by atoms with van der Waals surface area (Å²) in [7, 11) is 0. The highest BCUT2D eigenvalue weighted by Crippen LogP contribution is 2.21. The van der Waals surface area contributed by atoms with E-state index in [-0.39, 0.29) is 6.03 Å². The molecular weight excluding hydrogens is 236 g/mol. The Labute approximate surface area is 115 Å². The highest BCUT2D eigenvalue weighted by molar-refractivity contribution is 5.75. The van der Waals surface area contributed by atoms with Gasteiger partial charge in [-0.25, -0.2) is 4.79 Å². The van der Waals surface area contributed by atoms with Gasteiger partial charge >= 0.3 is 6.03 Å². The Morgan fingerprint density at radius 3 is 2.53 bits per heavy atom. The number of nitrogens with zero attached hydrogens (tertiary/aromatic N) is 1. The first-order valence-corrected chi connectivity index (χ1v) is 6.90. The van der Waals surface area contributed by atoms with Gasteiger partial charge in [-0.2, -0.15) is 0 Å². The zero-order chi connectivity index (χ0) is 13.7. The Balaban J connectivity index is 1.79. The van der Waals surface area contributed by atoms with E-state index in [2.05, 4.69) is 36.2 Å². The fourth-order valence-electron chi connectivity index (χ4n) is 2.55. The van der Waals surface area contributed by atoms with E-state index in [1.165, 1.54) is 5.56 Å². The molecule has 1 aliphatic rings. The van der Waals surface area contributed by atoms with Crippen LogP contribution in [0.2, 0.25) is 0 Å². The third-order valence-corrected chi connectivity index (χ3v) is 3.59.